The number of guanidine groups is 1. The minimum absolute atomic E-state index is 0.000459. The maximum absolute atomic E-state index is 13.5. The van der Waals surface area contributed by atoms with Crippen LogP contribution in [0.4, 0.5) is 4.39 Å². The number of rotatable bonds is 9. The average molecular weight is 398 g/mol. The molecule has 6 nitrogen and oxygen atoms in total. The first-order valence-corrected chi connectivity index (χ1v) is 9.71. The monoisotopic (exact) mass is 398 g/mol. The Labute approximate surface area is 170 Å². The Morgan fingerprint density at radius 2 is 1.97 bits per heavy atom. The zero-order valence-electron chi connectivity index (χ0n) is 16.6. The molecule has 1 aliphatic carbocycles. The predicted molar refractivity (Wildman–Crippen MR) is 112 cm³/mol. The second-order valence-corrected chi connectivity index (χ2v) is 7.29. The van der Waals surface area contributed by atoms with Gasteiger partial charge in [-0.25, -0.2) is 4.39 Å². The third-order valence-corrected chi connectivity index (χ3v) is 5.12. The summed E-state index contributed by atoms with van der Waals surface area (Å²) in [5.41, 5.74) is 7.24. The number of hydrogen-bond acceptors (Lipinski definition) is 3. The van der Waals surface area contributed by atoms with Gasteiger partial charge in [-0.15, -0.1) is 0 Å². The third-order valence-electron chi connectivity index (χ3n) is 5.12. The van der Waals surface area contributed by atoms with E-state index in [-0.39, 0.29) is 17.8 Å². The highest BCUT2D eigenvalue weighted by Gasteiger charge is 2.44. The molecule has 2 aromatic carbocycles. The van der Waals surface area contributed by atoms with Gasteiger partial charge in [0, 0.05) is 25.6 Å². The highest BCUT2D eigenvalue weighted by molar-refractivity contribution is 5.79. The van der Waals surface area contributed by atoms with E-state index in [1.807, 2.05) is 30.3 Å². The number of halogens is 1. The second-order valence-electron chi connectivity index (χ2n) is 7.29. The average Bonchev–Trinajstić information content (AvgIpc) is 3.51. The van der Waals surface area contributed by atoms with E-state index in [9.17, 15) is 9.18 Å². The molecule has 0 bridgehead atoms. The van der Waals surface area contributed by atoms with Crippen molar-refractivity contribution in [3.05, 3.63) is 65.5 Å². The van der Waals surface area contributed by atoms with Crippen LogP contribution in [-0.4, -0.2) is 38.6 Å². The smallest absolute Gasteiger partial charge is 0.255 e. The van der Waals surface area contributed by atoms with Crippen molar-refractivity contribution in [3.63, 3.8) is 0 Å². The topological polar surface area (TPSA) is 88.7 Å². The first-order valence-electron chi connectivity index (χ1n) is 9.71. The molecule has 7 heteroatoms. The fourth-order valence-electron chi connectivity index (χ4n) is 3.24. The minimum atomic E-state index is -0.498. The Morgan fingerprint density at radius 1 is 1.21 bits per heavy atom. The SMILES string of the molecule is CN=C(NCCc1ccc(OCC(N)=O)cc1)NCC1(c2cccc(F)c2)CC1. The molecule has 1 aliphatic rings. The van der Waals surface area contributed by atoms with E-state index >= 15 is 0 Å². The van der Waals surface area contributed by atoms with Crippen molar-refractivity contribution in [1.82, 2.24) is 10.6 Å². The van der Waals surface area contributed by atoms with Crippen LogP contribution in [0.15, 0.2) is 53.5 Å². The van der Waals surface area contributed by atoms with Crippen LogP contribution < -0.4 is 21.1 Å². The van der Waals surface area contributed by atoms with Crippen LogP contribution in [0.25, 0.3) is 0 Å². The lowest BCUT2D eigenvalue weighted by Gasteiger charge is -2.19. The van der Waals surface area contributed by atoms with Crippen molar-refractivity contribution in [1.29, 1.82) is 0 Å². The fraction of sp³-hybridized carbons (Fsp3) is 0.364. The molecule has 1 amide bonds. The third kappa shape index (κ3) is 5.94. The van der Waals surface area contributed by atoms with Gasteiger partial charge in [0.05, 0.1) is 0 Å². The van der Waals surface area contributed by atoms with Crippen LogP contribution >= 0.6 is 0 Å². The number of nitrogens with two attached hydrogens (primary N) is 1. The van der Waals surface area contributed by atoms with Gasteiger partial charge in [0.25, 0.3) is 5.91 Å². The number of nitrogens with one attached hydrogen (secondary N) is 2. The van der Waals surface area contributed by atoms with E-state index in [1.165, 1.54) is 6.07 Å². The number of hydrogen-bond donors (Lipinski definition) is 3. The Morgan fingerprint density at radius 3 is 2.59 bits per heavy atom. The molecule has 0 spiro atoms. The normalized spacial score (nSPS) is 14.9. The van der Waals surface area contributed by atoms with Crippen molar-refractivity contribution >= 4 is 11.9 Å². The molecule has 0 radical (unpaired) electrons. The molecule has 0 unspecified atom stereocenters. The van der Waals surface area contributed by atoms with Crippen molar-refractivity contribution in [3.8, 4) is 5.75 Å². The summed E-state index contributed by atoms with van der Waals surface area (Å²) in [7, 11) is 1.74. The van der Waals surface area contributed by atoms with Crippen LogP contribution in [0, 0.1) is 5.82 Å². The summed E-state index contributed by atoms with van der Waals surface area (Å²) < 4.78 is 18.8. The number of carbonyl (C=O) groups is 1. The number of carbonyl (C=O) groups excluding carboxylic acids is 1. The molecule has 0 heterocycles. The highest BCUT2D eigenvalue weighted by Crippen LogP contribution is 2.47. The Hall–Kier alpha value is -3.09. The molecule has 2 aromatic rings. The Balaban J connectivity index is 1.43. The number of aliphatic imine (C=N–C) groups is 1. The molecule has 1 saturated carbocycles. The predicted octanol–water partition coefficient (Wildman–Crippen LogP) is 2.13. The summed E-state index contributed by atoms with van der Waals surface area (Å²) in [6, 6.07) is 14.4. The molecule has 3 rings (SSSR count). The Bertz CT molecular complexity index is 863. The largest absolute Gasteiger partial charge is 0.484 e. The van der Waals surface area contributed by atoms with Gasteiger partial charge in [-0.1, -0.05) is 24.3 Å². The molecule has 0 aromatic heterocycles. The number of ether oxygens (including phenoxy) is 1. The molecular formula is C22H27FN4O2. The molecule has 0 saturated heterocycles. The van der Waals surface area contributed by atoms with Crippen molar-refractivity contribution < 1.29 is 13.9 Å². The molecule has 0 atom stereocenters. The van der Waals surface area contributed by atoms with Gasteiger partial charge in [0.15, 0.2) is 12.6 Å². The standard InChI is InChI=1S/C22H27FN4O2/c1-25-21(27-15-22(10-11-22)17-3-2-4-18(23)13-17)26-12-9-16-5-7-19(8-6-16)29-14-20(24)28/h2-8,13H,9-12,14-15H2,1H3,(H2,24,28)(H2,25,26,27). The van der Waals surface area contributed by atoms with Gasteiger partial charge in [-0.05, 0) is 54.7 Å². The van der Waals surface area contributed by atoms with Gasteiger partial charge >= 0.3 is 0 Å². The van der Waals surface area contributed by atoms with Crippen molar-refractivity contribution in [2.75, 3.05) is 26.7 Å². The van der Waals surface area contributed by atoms with E-state index in [4.69, 9.17) is 10.5 Å². The van der Waals surface area contributed by atoms with Gasteiger partial charge in [-0.2, -0.15) is 0 Å². The summed E-state index contributed by atoms with van der Waals surface area (Å²) in [5.74, 6) is 0.656. The van der Waals surface area contributed by atoms with Crippen molar-refractivity contribution in [2.45, 2.75) is 24.7 Å². The summed E-state index contributed by atoms with van der Waals surface area (Å²) in [6.45, 7) is 1.32. The molecule has 154 valence electrons. The summed E-state index contributed by atoms with van der Waals surface area (Å²) in [5, 5.41) is 6.67. The zero-order chi connectivity index (χ0) is 20.7. The number of nitrogens with zero attached hydrogens (tertiary/aromatic N) is 1. The lowest BCUT2D eigenvalue weighted by molar-refractivity contribution is -0.119. The summed E-state index contributed by atoms with van der Waals surface area (Å²) in [4.78, 5) is 15.0. The van der Waals surface area contributed by atoms with Gasteiger partial charge in [0.2, 0.25) is 0 Å². The number of benzene rings is 2. The van der Waals surface area contributed by atoms with E-state index in [1.54, 1.807) is 19.2 Å². The number of amides is 1. The van der Waals surface area contributed by atoms with Crippen LogP contribution in [-0.2, 0) is 16.6 Å². The Kier molecular flexibility index (Phi) is 6.69. The first-order chi connectivity index (χ1) is 14.0. The molecule has 1 fully saturated rings. The van der Waals surface area contributed by atoms with E-state index < -0.39 is 5.91 Å². The summed E-state index contributed by atoms with van der Waals surface area (Å²) in [6.07, 6.45) is 2.90. The van der Waals surface area contributed by atoms with E-state index in [2.05, 4.69) is 15.6 Å². The first kappa shape index (κ1) is 20.6. The lowest BCUT2D eigenvalue weighted by atomic mass is 9.96. The molecule has 4 N–H and O–H groups in total. The minimum Gasteiger partial charge on any atom is -0.484 e. The zero-order valence-corrected chi connectivity index (χ0v) is 16.6. The maximum atomic E-state index is 13.5. The van der Waals surface area contributed by atoms with Crippen LogP contribution in [0.3, 0.4) is 0 Å². The summed E-state index contributed by atoms with van der Waals surface area (Å²) >= 11 is 0. The van der Waals surface area contributed by atoms with Gasteiger partial charge in [-0.3, -0.25) is 9.79 Å². The lowest BCUT2D eigenvalue weighted by Crippen LogP contribution is -2.42. The van der Waals surface area contributed by atoms with Crippen LogP contribution in [0.1, 0.15) is 24.0 Å². The second kappa shape index (κ2) is 9.41. The van der Waals surface area contributed by atoms with Crippen LogP contribution in [0.5, 0.6) is 5.75 Å². The molecule has 29 heavy (non-hydrogen) atoms. The number of primary amides is 1. The molecular weight excluding hydrogens is 371 g/mol. The highest BCUT2D eigenvalue weighted by atomic mass is 19.1. The quantitative estimate of drug-likeness (QED) is 0.446. The fourth-order valence-corrected chi connectivity index (χ4v) is 3.24. The van der Waals surface area contributed by atoms with Crippen molar-refractivity contribution in [2.24, 2.45) is 10.7 Å². The van der Waals surface area contributed by atoms with Gasteiger partial charge < -0.3 is 21.1 Å². The van der Waals surface area contributed by atoms with Crippen LogP contribution in [0.2, 0.25) is 0 Å². The maximum Gasteiger partial charge on any atom is 0.255 e. The van der Waals surface area contributed by atoms with E-state index in [0.717, 1.165) is 42.9 Å². The van der Waals surface area contributed by atoms with Gasteiger partial charge in [0.1, 0.15) is 11.6 Å². The molecule has 0 aliphatic heterocycles. The van der Waals surface area contributed by atoms with E-state index in [0.29, 0.717) is 12.3 Å².